The quantitative estimate of drug-likeness (QED) is 0.665. The number of pyridine rings is 1. The Hall–Kier alpha value is -1.49. The average molecular weight is 414 g/mol. The molecule has 1 fully saturated rings. The molecule has 7 heteroatoms. The summed E-state index contributed by atoms with van der Waals surface area (Å²) >= 11 is 18.1. The van der Waals surface area contributed by atoms with E-state index in [1.165, 1.54) is 0 Å². The van der Waals surface area contributed by atoms with Gasteiger partial charge >= 0.3 is 0 Å². The minimum absolute atomic E-state index is 0.0408. The molecule has 1 unspecified atom stereocenters. The molecule has 2 heterocycles. The Morgan fingerprint density at radius 2 is 2.00 bits per heavy atom. The molecule has 1 aliphatic heterocycles. The van der Waals surface area contributed by atoms with Crippen molar-refractivity contribution in [2.75, 3.05) is 13.1 Å². The van der Waals surface area contributed by atoms with Crippen LogP contribution < -0.4 is 4.74 Å². The molecule has 1 aromatic heterocycles. The fourth-order valence-electron chi connectivity index (χ4n) is 3.03. The molecule has 0 radical (unpaired) electrons. The molecule has 138 valence electrons. The Kier molecular flexibility index (Phi) is 6.28. The van der Waals surface area contributed by atoms with Crippen LogP contribution in [0.4, 0.5) is 0 Å². The molecule has 0 N–H and O–H groups in total. The first-order chi connectivity index (χ1) is 12.4. The lowest BCUT2D eigenvalue weighted by molar-refractivity contribution is 0.0676. The van der Waals surface area contributed by atoms with Crippen LogP contribution in [0.2, 0.25) is 15.1 Å². The lowest BCUT2D eigenvalue weighted by atomic mass is 10.00. The number of likely N-dealkylation sites (tertiary alicyclic amines) is 1. The summed E-state index contributed by atoms with van der Waals surface area (Å²) in [6.45, 7) is 3.87. The lowest BCUT2D eigenvalue weighted by Gasteiger charge is -2.30. The predicted octanol–water partition coefficient (Wildman–Crippen LogP) is 5.49. The van der Waals surface area contributed by atoms with Crippen LogP contribution in [0.3, 0.4) is 0 Å². The second-order valence-corrected chi connectivity index (χ2v) is 7.75. The van der Waals surface area contributed by atoms with E-state index in [-0.39, 0.29) is 12.5 Å². The van der Waals surface area contributed by atoms with Gasteiger partial charge in [0.25, 0.3) is 5.91 Å². The van der Waals surface area contributed by atoms with E-state index >= 15 is 0 Å². The highest BCUT2D eigenvalue weighted by atomic mass is 35.5. The standard InChI is InChI=1S/C19H19Cl3N2O2/c1-12-4-3-7-24(10-12)19(25)17-6-2-5-14(23-17)11-26-18-15(21)8-13(20)9-16(18)22/h2,5-6,8-9,12H,3-4,7,10-11H2,1H3. The van der Waals surface area contributed by atoms with Crippen LogP contribution in [0.25, 0.3) is 0 Å². The number of carbonyl (C=O) groups excluding carboxylic acids is 1. The maximum Gasteiger partial charge on any atom is 0.272 e. The van der Waals surface area contributed by atoms with Crippen LogP contribution >= 0.6 is 34.8 Å². The second-order valence-electron chi connectivity index (χ2n) is 6.50. The highest BCUT2D eigenvalue weighted by molar-refractivity contribution is 6.40. The van der Waals surface area contributed by atoms with E-state index in [1.54, 1.807) is 30.3 Å². The number of amides is 1. The van der Waals surface area contributed by atoms with Crippen molar-refractivity contribution in [2.45, 2.75) is 26.4 Å². The van der Waals surface area contributed by atoms with E-state index in [1.807, 2.05) is 4.90 Å². The monoisotopic (exact) mass is 412 g/mol. The van der Waals surface area contributed by atoms with Crippen molar-refractivity contribution >= 4 is 40.7 Å². The highest BCUT2D eigenvalue weighted by Crippen LogP contribution is 2.36. The summed E-state index contributed by atoms with van der Waals surface area (Å²) in [5, 5.41) is 1.10. The van der Waals surface area contributed by atoms with Crippen molar-refractivity contribution in [3.8, 4) is 5.75 Å². The van der Waals surface area contributed by atoms with Crippen LogP contribution in [0.15, 0.2) is 30.3 Å². The van der Waals surface area contributed by atoms with Gasteiger partial charge in [0.1, 0.15) is 12.3 Å². The summed E-state index contributed by atoms with van der Waals surface area (Å²) in [6.07, 6.45) is 2.19. The molecule has 4 nitrogen and oxygen atoms in total. The number of aromatic nitrogens is 1. The van der Waals surface area contributed by atoms with E-state index in [4.69, 9.17) is 39.5 Å². The van der Waals surface area contributed by atoms with Gasteiger partial charge < -0.3 is 9.64 Å². The topological polar surface area (TPSA) is 42.4 Å². The fraction of sp³-hybridized carbons (Fsp3) is 0.368. The number of hydrogen-bond donors (Lipinski definition) is 0. The molecule has 1 amide bonds. The molecular formula is C19H19Cl3N2O2. The molecule has 0 bridgehead atoms. The third-order valence-corrected chi connectivity index (χ3v) is 5.08. The lowest BCUT2D eigenvalue weighted by Crippen LogP contribution is -2.39. The van der Waals surface area contributed by atoms with E-state index in [0.717, 1.165) is 25.9 Å². The number of rotatable bonds is 4. The number of hydrogen-bond acceptors (Lipinski definition) is 3. The SMILES string of the molecule is CC1CCCN(C(=O)c2cccc(COc3c(Cl)cc(Cl)cc3Cl)n2)C1. The molecule has 26 heavy (non-hydrogen) atoms. The highest BCUT2D eigenvalue weighted by Gasteiger charge is 2.23. The Bertz CT molecular complexity index is 790. The van der Waals surface area contributed by atoms with Gasteiger partial charge in [-0.3, -0.25) is 4.79 Å². The zero-order chi connectivity index (χ0) is 18.7. The first-order valence-electron chi connectivity index (χ1n) is 8.46. The van der Waals surface area contributed by atoms with Gasteiger partial charge in [-0.25, -0.2) is 4.98 Å². The zero-order valence-corrected chi connectivity index (χ0v) is 16.6. The largest absolute Gasteiger partial charge is 0.484 e. The van der Waals surface area contributed by atoms with Crippen LogP contribution in [0.1, 0.15) is 35.9 Å². The zero-order valence-electron chi connectivity index (χ0n) is 14.3. The van der Waals surface area contributed by atoms with E-state index in [9.17, 15) is 4.79 Å². The van der Waals surface area contributed by atoms with Crippen molar-refractivity contribution in [3.63, 3.8) is 0 Å². The Morgan fingerprint density at radius 3 is 2.69 bits per heavy atom. The van der Waals surface area contributed by atoms with Crippen LogP contribution in [0, 0.1) is 5.92 Å². The molecule has 1 atom stereocenters. The fourth-order valence-corrected chi connectivity index (χ4v) is 3.95. The van der Waals surface area contributed by atoms with Crippen molar-refractivity contribution < 1.29 is 9.53 Å². The molecular weight excluding hydrogens is 395 g/mol. The summed E-state index contributed by atoms with van der Waals surface area (Å²) in [5.41, 5.74) is 1.05. The molecule has 1 aliphatic rings. The molecule has 2 aromatic rings. The number of ether oxygens (including phenoxy) is 1. The summed E-state index contributed by atoms with van der Waals surface area (Å²) in [5.74, 6) is 0.829. The van der Waals surface area contributed by atoms with Crippen molar-refractivity contribution in [1.82, 2.24) is 9.88 Å². The summed E-state index contributed by atoms with van der Waals surface area (Å²) in [7, 11) is 0. The normalized spacial score (nSPS) is 17.2. The van der Waals surface area contributed by atoms with Gasteiger partial charge in [0, 0.05) is 18.1 Å². The van der Waals surface area contributed by atoms with Crippen LogP contribution in [0.5, 0.6) is 5.75 Å². The second kappa shape index (κ2) is 8.47. The molecule has 1 aromatic carbocycles. The van der Waals surface area contributed by atoms with E-state index in [2.05, 4.69) is 11.9 Å². The first kappa shape index (κ1) is 19.3. The van der Waals surface area contributed by atoms with Gasteiger partial charge in [-0.1, -0.05) is 47.8 Å². The van der Waals surface area contributed by atoms with Gasteiger partial charge in [-0.15, -0.1) is 0 Å². The van der Waals surface area contributed by atoms with E-state index < -0.39 is 0 Å². The summed E-state index contributed by atoms with van der Waals surface area (Å²) in [6, 6.07) is 8.46. The predicted molar refractivity (Wildman–Crippen MR) is 104 cm³/mol. The molecule has 3 rings (SSSR count). The summed E-state index contributed by atoms with van der Waals surface area (Å²) < 4.78 is 5.70. The molecule has 0 aliphatic carbocycles. The number of benzene rings is 1. The third kappa shape index (κ3) is 4.61. The minimum atomic E-state index is -0.0408. The Morgan fingerprint density at radius 1 is 1.27 bits per heavy atom. The van der Waals surface area contributed by atoms with Gasteiger partial charge in [0.15, 0.2) is 5.75 Å². The number of nitrogens with zero attached hydrogens (tertiary/aromatic N) is 2. The van der Waals surface area contributed by atoms with Gasteiger partial charge in [-0.2, -0.15) is 0 Å². The molecule has 0 spiro atoms. The maximum absolute atomic E-state index is 12.7. The van der Waals surface area contributed by atoms with Crippen molar-refractivity contribution in [2.24, 2.45) is 5.92 Å². The number of piperidine rings is 1. The first-order valence-corrected chi connectivity index (χ1v) is 9.60. The Balaban J connectivity index is 1.71. The maximum atomic E-state index is 12.7. The molecule has 0 saturated carbocycles. The molecule has 1 saturated heterocycles. The van der Waals surface area contributed by atoms with Crippen molar-refractivity contribution in [3.05, 3.63) is 56.8 Å². The summed E-state index contributed by atoms with van der Waals surface area (Å²) in [4.78, 5) is 19.0. The van der Waals surface area contributed by atoms with Crippen LogP contribution in [-0.2, 0) is 6.61 Å². The number of halogens is 3. The van der Waals surface area contributed by atoms with Crippen molar-refractivity contribution in [1.29, 1.82) is 0 Å². The smallest absolute Gasteiger partial charge is 0.272 e. The van der Waals surface area contributed by atoms with Gasteiger partial charge in [-0.05, 0) is 43.0 Å². The van der Waals surface area contributed by atoms with Crippen LogP contribution in [-0.4, -0.2) is 28.9 Å². The number of carbonyl (C=O) groups is 1. The van der Waals surface area contributed by atoms with E-state index in [0.29, 0.717) is 38.1 Å². The Labute approximate surface area is 168 Å². The average Bonchev–Trinajstić information content (AvgIpc) is 2.60. The third-order valence-electron chi connectivity index (χ3n) is 4.30. The van der Waals surface area contributed by atoms with Gasteiger partial charge in [0.05, 0.1) is 15.7 Å². The minimum Gasteiger partial charge on any atom is -0.484 e. The van der Waals surface area contributed by atoms with Gasteiger partial charge in [0.2, 0.25) is 0 Å².